The molecule has 2 nitrogen and oxygen atoms in total. The highest BCUT2D eigenvalue weighted by atomic mass is 16.5. The molecule has 27 heavy (non-hydrogen) atoms. The van der Waals surface area contributed by atoms with Crippen LogP contribution in [0.15, 0.2) is 24.5 Å². The third kappa shape index (κ3) is 2.66. The Balaban J connectivity index is 1.45. The molecular weight excluding hydrogens is 330 g/mol. The van der Waals surface area contributed by atoms with Crippen molar-refractivity contribution in [2.24, 2.45) is 34.5 Å². The van der Waals surface area contributed by atoms with E-state index in [2.05, 4.69) is 44.1 Å². The normalized spacial score (nSPS) is 43.9. The first-order chi connectivity index (χ1) is 13.0. The zero-order chi connectivity index (χ0) is 18.6. The van der Waals surface area contributed by atoms with E-state index in [0.29, 0.717) is 10.8 Å². The Morgan fingerprint density at radius 1 is 1.07 bits per heavy atom. The van der Waals surface area contributed by atoms with E-state index in [0.717, 1.165) is 36.9 Å². The molecule has 5 rings (SSSR count). The minimum Gasteiger partial charge on any atom is -0.381 e. The lowest BCUT2D eigenvalue weighted by Crippen LogP contribution is -2.51. The molecule has 2 heteroatoms. The molecule has 1 saturated heterocycles. The summed E-state index contributed by atoms with van der Waals surface area (Å²) in [5.74, 6) is 3.42. The molecule has 3 aliphatic carbocycles. The van der Waals surface area contributed by atoms with Crippen LogP contribution in [0.3, 0.4) is 0 Å². The van der Waals surface area contributed by atoms with Crippen molar-refractivity contribution in [3.8, 4) is 0 Å². The first-order valence-corrected chi connectivity index (χ1v) is 11.2. The van der Waals surface area contributed by atoms with E-state index in [1.54, 1.807) is 5.57 Å². The predicted molar refractivity (Wildman–Crippen MR) is 110 cm³/mol. The van der Waals surface area contributed by atoms with Crippen molar-refractivity contribution >= 4 is 5.57 Å². The number of hydrogen-bond acceptors (Lipinski definition) is 2. The van der Waals surface area contributed by atoms with Gasteiger partial charge in [0.2, 0.25) is 0 Å². The first-order valence-electron chi connectivity index (χ1n) is 11.2. The van der Waals surface area contributed by atoms with Crippen LogP contribution in [0.1, 0.15) is 69.9 Å². The summed E-state index contributed by atoms with van der Waals surface area (Å²) >= 11 is 0. The Labute approximate surface area is 164 Å². The number of fused-ring (bicyclic) bond motifs is 5. The van der Waals surface area contributed by atoms with E-state index in [4.69, 9.17) is 4.74 Å². The van der Waals surface area contributed by atoms with Gasteiger partial charge in [-0.2, -0.15) is 0 Å². The molecule has 146 valence electrons. The van der Waals surface area contributed by atoms with Crippen molar-refractivity contribution in [2.75, 3.05) is 13.2 Å². The van der Waals surface area contributed by atoms with Gasteiger partial charge in [-0.1, -0.05) is 19.9 Å². The van der Waals surface area contributed by atoms with Crippen LogP contribution in [0.25, 0.3) is 5.57 Å². The monoisotopic (exact) mass is 365 g/mol. The highest BCUT2D eigenvalue weighted by Crippen LogP contribution is 2.66. The van der Waals surface area contributed by atoms with Crippen LogP contribution in [-0.4, -0.2) is 18.2 Å². The number of ether oxygens (including phenoxy) is 1. The average molecular weight is 366 g/mol. The number of rotatable bonds is 1. The summed E-state index contributed by atoms with van der Waals surface area (Å²) in [6, 6.07) is 2.35. The van der Waals surface area contributed by atoms with Gasteiger partial charge in [0.1, 0.15) is 0 Å². The smallest absolute Gasteiger partial charge is 0.0499 e. The second kappa shape index (κ2) is 6.44. The topological polar surface area (TPSA) is 22.1 Å². The molecule has 0 spiro atoms. The van der Waals surface area contributed by atoms with Gasteiger partial charge in [-0.15, -0.1) is 0 Å². The molecule has 2 heterocycles. The zero-order valence-electron chi connectivity index (χ0n) is 17.3. The lowest BCUT2D eigenvalue weighted by Gasteiger charge is -2.58. The van der Waals surface area contributed by atoms with E-state index in [1.807, 2.05) is 6.20 Å². The first kappa shape index (κ1) is 17.9. The van der Waals surface area contributed by atoms with Crippen LogP contribution in [-0.2, 0) is 4.74 Å². The molecule has 2 saturated carbocycles. The number of hydrogen-bond donors (Lipinski definition) is 0. The van der Waals surface area contributed by atoms with Crippen LogP contribution >= 0.6 is 0 Å². The Bertz CT molecular complexity index is 754. The second-order valence-electron chi connectivity index (χ2n) is 10.4. The van der Waals surface area contributed by atoms with E-state index in [-0.39, 0.29) is 0 Å². The van der Waals surface area contributed by atoms with Crippen LogP contribution < -0.4 is 0 Å². The summed E-state index contributed by atoms with van der Waals surface area (Å²) in [4.78, 5) is 4.50. The summed E-state index contributed by atoms with van der Waals surface area (Å²) < 4.78 is 5.98. The lowest BCUT2D eigenvalue weighted by atomic mass is 9.46. The Hall–Kier alpha value is -1.15. The quantitative estimate of drug-likeness (QED) is 0.604. The summed E-state index contributed by atoms with van der Waals surface area (Å²) in [6.45, 7) is 9.36. The number of aryl methyl sites for hydroxylation is 1. The van der Waals surface area contributed by atoms with Gasteiger partial charge in [-0.05, 0) is 109 Å². The van der Waals surface area contributed by atoms with Gasteiger partial charge < -0.3 is 4.74 Å². The summed E-state index contributed by atoms with van der Waals surface area (Å²) in [7, 11) is 0. The van der Waals surface area contributed by atoms with E-state index in [1.165, 1.54) is 56.1 Å². The maximum atomic E-state index is 5.98. The van der Waals surface area contributed by atoms with Crippen molar-refractivity contribution < 1.29 is 4.74 Å². The third-order valence-corrected chi connectivity index (χ3v) is 9.16. The predicted octanol–water partition coefficient (Wildman–Crippen LogP) is 6.05. The highest BCUT2D eigenvalue weighted by Gasteiger charge is 2.57. The number of pyridine rings is 1. The molecule has 0 amide bonds. The molecule has 3 fully saturated rings. The Kier molecular flexibility index (Phi) is 4.27. The van der Waals surface area contributed by atoms with Crippen molar-refractivity contribution in [1.82, 2.24) is 4.98 Å². The van der Waals surface area contributed by atoms with Crippen LogP contribution in [0.2, 0.25) is 0 Å². The van der Waals surface area contributed by atoms with E-state index in [9.17, 15) is 0 Å². The minimum absolute atomic E-state index is 0.348. The molecule has 0 bridgehead atoms. The molecule has 1 aromatic rings. The maximum Gasteiger partial charge on any atom is 0.0499 e. The van der Waals surface area contributed by atoms with Gasteiger partial charge in [0.25, 0.3) is 0 Å². The highest BCUT2D eigenvalue weighted by molar-refractivity contribution is 5.72. The van der Waals surface area contributed by atoms with E-state index < -0.39 is 0 Å². The molecule has 1 aliphatic heterocycles. The van der Waals surface area contributed by atoms with Gasteiger partial charge >= 0.3 is 0 Å². The van der Waals surface area contributed by atoms with Gasteiger partial charge in [0.05, 0.1) is 0 Å². The number of nitrogens with zero attached hydrogens (tertiary/aromatic N) is 1. The summed E-state index contributed by atoms with van der Waals surface area (Å²) in [6.07, 6.45) is 16.1. The number of allylic oxidation sites excluding steroid dienone is 2. The average Bonchev–Trinajstić information content (AvgIpc) is 2.88. The van der Waals surface area contributed by atoms with Crippen LogP contribution in [0, 0.1) is 41.4 Å². The zero-order valence-corrected chi connectivity index (χ0v) is 17.3. The van der Waals surface area contributed by atoms with Gasteiger partial charge in [0.15, 0.2) is 0 Å². The van der Waals surface area contributed by atoms with E-state index >= 15 is 0 Å². The Morgan fingerprint density at radius 3 is 2.81 bits per heavy atom. The minimum atomic E-state index is 0.348. The van der Waals surface area contributed by atoms with Gasteiger partial charge in [-0.3, -0.25) is 4.98 Å². The summed E-state index contributed by atoms with van der Waals surface area (Å²) in [5.41, 5.74) is 5.11. The fraction of sp³-hybridized carbons (Fsp3) is 0.720. The van der Waals surface area contributed by atoms with Crippen molar-refractivity contribution in [1.29, 1.82) is 0 Å². The fourth-order valence-electron chi connectivity index (χ4n) is 7.70. The summed E-state index contributed by atoms with van der Waals surface area (Å²) in [5, 5.41) is 0. The second-order valence-corrected chi connectivity index (χ2v) is 10.4. The van der Waals surface area contributed by atoms with Crippen LogP contribution in [0.5, 0.6) is 0 Å². The largest absolute Gasteiger partial charge is 0.381 e. The molecule has 0 N–H and O–H groups in total. The maximum absolute atomic E-state index is 5.98. The SMILES string of the molecule is Cc1cncc(C2=CC[C@H]3[C@@H]4CC[C@H]5COCCC[C@]5(C)[C@H]4CC[C@]23C)c1. The lowest BCUT2D eigenvalue weighted by molar-refractivity contribution is -0.0884. The third-order valence-electron chi connectivity index (χ3n) is 9.16. The fourth-order valence-corrected chi connectivity index (χ4v) is 7.70. The van der Waals surface area contributed by atoms with Crippen LogP contribution in [0.4, 0.5) is 0 Å². The molecule has 6 atom stereocenters. The van der Waals surface area contributed by atoms with Crippen molar-refractivity contribution in [3.63, 3.8) is 0 Å². The Morgan fingerprint density at radius 2 is 1.96 bits per heavy atom. The number of aromatic nitrogens is 1. The molecule has 0 unspecified atom stereocenters. The molecule has 0 radical (unpaired) electrons. The molecule has 1 aromatic heterocycles. The standard InChI is InChI=1S/C25H35NO/c1-17-13-18(15-26-14-17)21-7-8-22-20-6-5-19-16-27-12-4-10-24(19,2)23(20)9-11-25(21,22)3/h7,13-15,19-20,22-23H,4-6,8-12,16H2,1-3H3/t19-,20-,22-,23-,24-,25+/m0/s1. The van der Waals surface area contributed by atoms with Crippen molar-refractivity contribution in [2.45, 2.75) is 65.7 Å². The van der Waals surface area contributed by atoms with Gasteiger partial charge in [-0.25, -0.2) is 0 Å². The van der Waals surface area contributed by atoms with Gasteiger partial charge in [0, 0.05) is 25.6 Å². The van der Waals surface area contributed by atoms with Crippen molar-refractivity contribution in [3.05, 3.63) is 35.7 Å². The molecular formula is C25H35NO. The molecule has 4 aliphatic rings. The molecule has 0 aromatic carbocycles.